The first-order valence-corrected chi connectivity index (χ1v) is 10.5. The standard InChI is InChI=1S/C25H25N5O2/c1-3-5-6-9-18(4-2)32-22-11-8-7-10-19(22)20-14-21(29-28-20)24(31)27-23-15-30(17-26)16-25(23)12-13-25/h3-11,14,23H,1-2,12-13,15-16H2,(H,27,31)(H,28,29)/b6-5-,18-9+. The topological polar surface area (TPSA) is 94.0 Å². The van der Waals surface area contributed by atoms with Crippen molar-refractivity contribution in [1.82, 2.24) is 20.4 Å². The molecule has 1 amide bonds. The zero-order valence-corrected chi connectivity index (χ0v) is 17.8. The Kier molecular flexibility index (Phi) is 5.95. The van der Waals surface area contributed by atoms with Crippen LogP contribution in [0.2, 0.25) is 0 Å². The molecule has 1 aliphatic heterocycles. The van der Waals surface area contributed by atoms with Crippen LogP contribution in [0.1, 0.15) is 23.3 Å². The van der Waals surface area contributed by atoms with Crippen molar-refractivity contribution < 1.29 is 9.53 Å². The SMILES string of the molecule is C=C/C=C\C=C(/C=C)Oc1ccccc1-c1cc(C(=O)NC2CN(C#N)CC23CC3)[nH]n1. The summed E-state index contributed by atoms with van der Waals surface area (Å²) in [5.74, 6) is 0.947. The van der Waals surface area contributed by atoms with Crippen molar-refractivity contribution in [3.8, 4) is 23.2 Å². The van der Waals surface area contributed by atoms with Gasteiger partial charge in [0.1, 0.15) is 17.2 Å². The summed E-state index contributed by atoms with van der Waals surface area (Å²) in [7, 11) is 0. The van der Waals surface area contributed by atoms with Gasteiger partial charge in [0.2, 0.25) is 0 Å². The van der Waals surface area contributed by atoms with Crippen molar-refractivity contribution in [3.05, 3.63) is 85.3 Å². The number of ether oxygens (including phenoxy) is 1. The summed E-state index contributed by atoms with van der Waals surface area (Å²) in [4.78, 5) is 14.6. The van der Waals surface area contributed by atoms with Crippen LogP contribution in [0.4, 0.5) is 0 Å². The summed E-state index contributed by atoms with van der Waals surface area (Å²) in [5.41, 5.74) is 1.76. The van der Waals surface area contributed by atoms with Crippen LogP contribution in [0.5, 0.6) is 5.75 Å². The van der Waals surface area contributed by atoms with E-state index in [2.05, 4.69) is 34.9 Å². The fourth-order valence-corrected chi connectivity index (χ4v) is 3.99. The number of aromatic amines is 1. The predicted octanol–water partition coefficient (Wildman–Crippen LogP) is 3.94. The van der Waals surface area contributed by atoms with Gasteiger partial charge in [-0.05, 0) is 43.2 Å². The molecule has 1 unspecified atom stereocenters. The van der Waals surface area contributed by atoms with E-state index in [4.69, 9.17) is 4.74 Å². The molecule has 2 aliphatic rings. The number of benzene rings is 1. The quantitative estimate of drug-likeness (QED) is 0.378. The molecule has 7 heteroatoms. The van der Waals surface area contributed by atoms with E-state index in [0.29, 0.717) is 36.0 Å². The summed E-state index contributed by atoms with van der Waals surface area (Å²) in [6, 6.07) is 9.16. The summed E-state index contributed by atoms with van der Waals surface area (Å²) < 4.78 is 6.00. The van der Waals surface area contributed by atoms with Crippen LogP contribution in [0.3, 0.4) is 0 Å². The van der Waals surface area contributed by atoms with Gasteiger partial charge in [-0.25, -0.2) is 0 Å². The number of nitriles is 1. The van der Waals surface area contributed by atoms with Crippen molar-refractivity contribution in [2.24, 2.45) is 5.41 Å². The third-order valence-corrected chi connectivity index (χ3v) is 5.91. The second kappa shape index (κ2) is 8.98. The van der Waals surface area contributed by atoms with Gasteiger partial charge in [-0.1, -0.05) is 43.5 Å². The smallest absolute Gasteiger partial charge is 0.269 e. The Morgan fingerprint density at radius 3 is 2.88 bits per heavy atom. The number of rotatable bonds is 8. The minimum atomic E-state index is -0.223. The average molecular weight is 428 g/mol. The Morgan fingerprint density at radius 1 is 1.34 bits per heavy atom. The van der Waals surface area contributed by atoms with Gasteiger partial charge in [0.05, 0.1) is 11.7 Å². The number of nitrogens with one attached hydrogen (secondary N) is 2. The molecule has 7 nitrogen and oxygen atoms in total. The molecule has 1 spiro atoms. The number of carbonyl (C=O) groups excluding carboxylic acids is 1. The molecule has 0 bridgehead atoms. The first-order valence-electron chi connectivity index (χ1n) is 10.5. The number of hydrogen-bond donors (Lipinski definition) is 2. The molecular weight excluding hydrogens is 402 g/mol. The van der Waals surface area contributed by atoms with E-state index in [1.54, 1.807) is 35.3 Å². The highest BCUT2D eigenvalue weighted by atomic mass is 16.5. The second-order valence-corrected chi connectivity index (χ2v) is 8.03. The molecule has 2 heterocycles. The first kappa shape index (κ1) is 21.2. The summed E-state index contributed by atoms with van der Waals surface area (Å²) >= 11 is 0. The predicted molar refractivity (Wildman–Crippen MR) is 122 cm³/mol. The maximum absolute atomic E-state index is 12.9. The second-order valence-electron chi connectivity index (χ2n) is 8.03. The Labute approximate surface area is 187 Å². The molecule has 1 aromatic heterocycles. The van der Waals surface area contributed by atoms with Gasteiger partial charge in [0, 0.05) is 24.1 Å². The molecule has 162 valence electrons. The molecule has 1 atom stereocenters. The largest absolute Gasteiger partial charge is 0.457 e. The highest BCUT2D eigenvalue weighted by Crippen LogP contribution is 2.52. The number of H-pyrrole nitrogens is 1. The number of carbonyl (C=O) groups is 1. The van der Waals surface area contributed by atoms with Crippen molar-refractivity contribution >= 4 is 5.91 Å². The monoisotopic (exact) mass is 427 g/mol. The van der Waals surface area contributed by atoms with Gasteiger partial charge in [0.15, 0.2) is 6.19 Å². The van der Waals surface area contributed by atoms with Crippen molar-refractivity contribution in [2.45, 2.75) is 18.9 Å². The zero-order valence-electron chi connectivity index (χ0n) is 17.8. The summed E-state index contributed by atoms with van der Waals surface area (Å²) in [6.07, 6.45) is 13.0. The molecular formula is C25H25N5O2. The van der Waals surface area contributed by atoms with Gasteiger partial charge in [-0.3, -0.25) is 9.89 Å². The number of hydrogen-bond acceptors (Lipinski definition) is 5. The molecule has 2 N–H and O–H groups in total. The number of para-hydroxylation sites is 1. The average Bonchev–Trinajstić information content (AvgIpc) is 3.27. The lowest BCUT2D eigenvalue weighted by atomic mass is 10.0. The number of likely N-dealkylation sites (tertiary alicyclic amines) is 1. The molecule has 32 heavy (non-hydrogen) atoms. The molecule has 2 fully saturated rings. The first-order chi connectivity index (χ1) is 15.6. The van der Waals surface area contributed by atoms with E-state index in [1.165, 1.54) is 0 Å². The lowest BCUT2D eigenvalue weighted by Gasteiger charge is -2.17. The maximum atomic E-state index is 12.9. The molecule has 1 saturated heterocycles. The minimum absolute atomic E-state index is 0.0269. The van der Waals surface area contributed by atoms with Crippen LogP contribution in [0.25, 0.3) is 11.3 Å². The van der Waals surface area contributed by atoms with E-state index >= 15 is 0 Å². The summed E-state index contributed by atoms with van der Waals surface area (Å²) in [6.45, 7) is 8.71. The number of nitrogens with zero attached hydrogens (tertiary/aromatic N) is 3. The Bertz CT molecular complexity index is 1130. The number of amides is 1. The van der Waals surface area contributed by atoms with Crippen LogP contribution in [0, 0.1) is 16.9 Å². The molecule has 4 rings (SSSR count). The van der Waals surface area contributed by atoms with E-state index in [0.717, 1.165) is 18.4 Å². The highest BCUT2D eigenvalue weighted by molar-refractivity contribution is 5.94. The van der Waals surface area contributed by atoms with E-state index < -0.39 is 0 Å². The van der Waals surface area contributed by atoms with Gasteiger partial charge in [-0.2, -0.15) is 10.4 Å². The van der Waals surface area contributed by atoms with E-state index in [-0.39, 0.29) is 17.4 Å². The Morgan fingerprint density at radius 2 is 2.16 bits per heavy atom. The molecule has 2 aromatic rings. The summed E-state index contributed by atoms with van der Waals surface area (Å²) in [5, 5.41) is 19.5. The molecule has 1 aliphatic carbocycles. The van der Waals surface area contributed by atoms with E-state index in [9.17, 15) is 10.1 Å². The fourth-order valence-electron chi connectivity index (χ4n) is 3.99. The molecule has 1 saturated carbocycles. The van der Waals surface area contributed by atoms with Crippen LogP contribution in [0.15, 0.2) is 79.6 Å². The lowest BCUT2D eigenvalue weighted by molar-refractivity contribution is 0.0922. The van der Waals surface area contributed by atoms with Crippen LogP contribution >= 0.6 is 0 Å². The van der Waals surface area contributed by atoms with Crippen molar-refractivity contribution in [1.29, 1.82) is 5.26 Å². The third kappa shape index (κ3) is 4.35. The number of aromatic nitrogens is 2. The fraction of sp³-hybridized carbons (Fsp3) is 0.240. The molecule has 1 aromatic carbocycles. The third-order valence-electron chi connectivity index (χ3n) is 5.91. The van der Waals surface area contributed by atoms with Crippen molar-refractivity contribution in [3.63, 3.8) is 0 Å². The lowest BCUT2D eigenvalue weighted by Crippen LogP contribution is -2.41. The van der Waals surface area contributed by atoms with Gasteiger partial charge in [0.25, 0.3) is 5.91 Å². The Hall–Kier alpha value is -4.05. The van der Waals surface area contributed by atoms with Crippen LogP contribution in [-0.2, 0) is 0 Å². The minimum Gasteiger partial charge on any atom is -0.457 e. The van der Waals surface area contributed by atoms with Crippen molar-refractivity contribution in [2.75, 3.05) is 13.1 Å². The zero-order chi connectivity index (χ0) is 22.6. The number of allylic oxidation sites excluding steroid dienone is 5. The van der Waals surface area contributed by atoms with E-state index in [1.807, 2.05) is 30.3 Å². The highest BCUT2D eigenvalue weighted by Gasteiger charge is 2.55. The molecule has 0 radical (unpaired) electrons. The van der Waals surface area contributed by atoms with Gasteiger partial charge in [-0.15, -0.1) is 0 Å². The normalized spacial score (nSPS) is 19.0. The van der Waals surface area contributed by atoms with Crippen LogP contribution < -0.4 is 10.1 Å². The maximum Gasteiger partial charge on any atom is 0.269 e. The van der Waals surface area contributed by atoms with Gasteiger partial charge >= 0.3 is 0 Å². The van der Waals surface area contributed by atoms with Crippen LogP contribution in [-0.4, -0.2) is 40.1 Å². The Balaban J connectivity index is 1.50. The van der Waals surface area contributed by atoms with Gasteiger partial charge < -0.3 is 15.0 Å².